The molecule has 1 aromatic carbocycles. The van der Waals surface area contributed by atoms with E-state index >= 15 is 0 Å². The quantitative estimate of drug-likeness (QED) is 0.726. The van der Waals surface area contributed by atoms with Crippen LogP contribution in [0.3, 0.4) is 0 Å². The molecule has 1 N–H and O–H groups in total. The minimum atomic E-state index is -1.91. The van der Waals surface area contributed by atoms with Crippen molar-refractivity contribution >= 4 is 23.2 Å². The Morgan fingerprint density at radius 1 is 1.24 bits per heavy atom. The molecule has 0 aliphatic heterocycles. The lowest BCUT2D eigenvalue weighted by atomic mass is 10.1. The molecule has 10 heteroatoms. The van der Waals surface area contributed by atoms with Gasteiger partial charge in [0.05, 0.1) is 0 Å². The Morgan fingerprint density at radius 3 is 2.68 bits per heavy atom. The highest BCUT2D eigenvalue weighted by Gasteiger charge is 2.27. The topological polar surface area (TPSA) is 94.0 Å². The first kappa shape index (κ1) is 17.5. The fraction of sp³-hybridized carbons (Fsp3) is 0.200. The number of rotatable bonds is 5. The summed E-state index contributed by atoms with van der Waals surface area (Å²) in [4.78, 5) is 15.6. The molecule has 0 radical (unpaired) electrons. The van der Waals surface area contributed by atoms with Crippen LogP contribution in [0.1, 0.15) is 29.6 Å². The van der Waals surface area contributed by atoms with Gasteiger partial charge in [-0.15, -0.1) is 0 Å². The van der Waals surface area contributed by atoms with E-state index in [-0.39, 0.29) is 23.3 Å². The van der Waals surface area contributed by atoms with Crippen molar-refractivity contribution < 1.29 is 14.0 Å². The van der Waals surface area contributed by atoms with Gasteiger partial charge in [0.1, 0.15) is 17.7 Å². The maximum absolute atomic E-state index is 14.4. The Hall–Kier alpha value is -2.29. The zero-order valence-corrected chi connectivity index (χ0v) is 14.0. The maximum atomic E-state index is 14.4. The van der Waals surface area contributed by atoms with E-state index in [9.17, 15) is 14.3 Å². The molecule has 0 saturated heterocycles. The molecule has 130 valence electrons. The van der Waals surface area contributed by atoms with Gasteiger partial charge in [-0.05, 0) is 23.8 Å². The van der Waals surface area contributed by atoms with Crippen LogP contribution in [-0.2, 0) is 6.54 Å². The summed E-state index contributed by atoms with van der Waals surface area (Å²) in [7, 11) is 0. The molecule has 3 rings (SSSR count). The van der Waals surface area contributed by atoms with E-state index in [1.165, 1.54) is 36.5 Å². The van der Waals surface area contributed by atoms with Crippen molar-refractivity contribution in [3.05, 3.63) is 74.2 Å². The van der Waals surface area contributed by atoms with Crippen molar-refractivity contribution in [3.63, 3.8) is 0 Å². The number of halogens is 3. The number of alkyl halides is 1. The van der Waals surface area contributed by atoms with Crippen LogP contribution in [-0.4, -0.2) is 25.0 Å². The van der Waals surface area contributed by atoms with E-state index in [2.05, 4.69) is 15.2 Å². The van der Waals surface area contributed by atoms with Crippen molar-refractivity contribution in [3.8, 4) is 0 Å². The second kappa shape index (κ2) is 7.30. The molecule has 0 unspecified atom stereocenters. The Morgan fingerprint density at radius 2 is 1.96 bits per heavy atom. The van der Waals surface area contributed by atoms with Gasteiger partial charge < -0.3 is 9.63 Å². The second-order valence-corrected chi connectivity index (χ2v) is 5.93. The Balaban J connectivity index is 1.77. The molecule has 0 bridgehead atoms. The van der Waals surface area contributed by atoms with Crippen LogP contribution in [0.4, 0.5) is 4.39 Å². The van der Waals surface area contributed by atoms with Crippen LogP contribution in [0.2, 0.25) is 10.0 Å². The van der Waals surface area contributed by atoms with Crippen molar-refractivity contribution in [1.29, 1.82) is 0 Å². The second-order valence-electron chi connectivity index (χ2n) is 5.09. The van der Waals surface area contributed by atoms with Gasteiger partial charge in [-0.1, -0.05) is 40.5 Å². The molecule has 0 amide bonds. The first-order chi connectivity index (χ1) is 12.0. The lowest BCUT2D eigenvalue weighted by Gasteiger charge is -2.12. The largest absolute Gasteiger partial charge is 0.385 e. The lowest BCUT2D eigenvalue weighted by molar-refractivity contribution is 0.0708. The summed E-state index contributed by atoms with van der Waals surface area (Å²) in [6, 6.07) is 7.41. The lowest BCUT2D eigenvalue weighted by Crippen LogP contribution is -2.23. The van der Waals surface area contributed by atoms with Crippen LogP contribution in [0.15, 0.2) is 45.8 Å². The molecule has 3 aromatic rings. The highest BCUT2D eigenvalue weighted by Crippen LogP contribution is 2.31. The molecule has 2 heterocycles. The first-order valence-electron chi connectivity index (χ1n) is 7.07. The van der Waals surface area contributed by atoms with Crippen LogP contribution in [0.25, 0.3) is 0 Å². The molecular weight excluding hydrogens is 374 g/mol. The van der Waals surface area contributed by atoms with E-state index in [1.807, 2.05) is 0 Å². The Labute approximate surface area is 150 Å². The van der Waals surface area contributed by atoms with Gasteiger partial charge in [0, 0.05) is 11.2 Å². The molecule has 2 aromatic heterocycles. The predicted octanol–water partition coefficient (Wildman–Crippen LogP) is 2.73. The third-order valence-electron chi connectivity index (χ3n) is 3.37. The number of aromatic nitrogens is 4. The zero-order valence-electron chi connectivity index (χ0n) is 12.5. The molecule has 2 atom stereocenters. The highest BCUT2D eigenvalue weighted by molar-refractivity contribution is 6.30. The van der Waals surface area contributed by atoms with Crippen molar-refractivity contribution in [2.24, 2.45) is 0 Å². The average Bonchev–Trinajstić information content (AvgIpc) is 3.07. The first-order valence-corrected chi connectivity index (χ1v) is 7.83. The van der Waals surface area contributed by atoms with E-state index < -0.39 is 17.8 Å². The standard InChI is InChI=1S/C15H11Cl2FN4O3/c16-9-3-1-8(2-4-9)13(23)12(18)14-20-11(25-21-14)7-22-15(24)10(17)5-6-19-22/h1-6,12-13,23H,7H2/t12-,13-/m0/s1. The van der Waals surface area contributed by atoms with Crippen molar-refractivity contribution in [2.75, 3.05) is 0 Å². The van der Waals surface area contributed by atoms with E-state index in [1.54, 1.807) is 0 Å². The average molecular weight is 385 g/mol. The van der Waals surface area contributed by atoms with Gasteiger partial charge >= 0.3 is 0 Å². The maximum Gasteiger partial charge on any atom is 0.285 e. The molecule has 25 heavy (non-hydrogen) atoms. The minimum Gasteiger partial charge on any atom is -0.385 e. The molecule has 7 nitrogen and oxygen atoms in total. The normalized spacial score (nSPS) is 13.6. The SMILES string of the molecule is O=c1c(Cl)ccnn1Cc1nc([C@@H](F)[C@@H](O)c2ccc(Cl)cc2)no1. The number of hydrogen-bond acceptors (Lipinski definition) is 6. The highest BCUT2D eigenvalue weighted by atomic mass is 35.5. The third-order valence-corrected chi connectivity index (χ3v) is 3.91. The molecule has 0 aliphatic rings. The molecule has 0 fully saturated rings. The summed E-state index contributed by atoms with van der Waals surface area (Å²) < 4.78 is 20.4. The van der Waals surface area contributed by atoms with Crippen LogP contribution in [0.5, 0.6) is 0 Å². The van der Waals surface area contributed by atoms with Gasteiger partial charge in [0.2, 0.25) is 11.7 Å². The molecular formula is C15H11Cl2FN4O3. The van der Waals surface area contributed by atoms with E-state index in [4.69, 9.17) is 27.7 Å². The zero-order chi connectivity index (χ0) is 18.0. The number of aliphatic hydroxyl groups is 1. The van der Waals surface area contributed by atoms with Gasteiger partial charge in [-0.2, -0.15) is 10.1 Å². The number of hydrogen-bond donors (Lipinski definition) is 1. The minimum absolute atomic E-state index is 0.0173. The summed E-state index contributed by atoms with van der Waals surface area (Å²) >= 11 is 11.5. The smallest absolute Gasteiger partial charge is 0.285 e. The third kappa shape index (κ3) is 3.87. The van der Waals surface area contributed by atoms with Crippen LogP contribution >= 0.6 is 23.2 Å². The Bertz CT molecular complexity index is 929. The number of aliphatic hydroxyl groups excluding tert-OH is 1. The Kier molecular flexibility index (Phi) is 5.12. The van der Waals surface area contributed by atoms with Crippen LogP contribution < -0.4 is 5.56 Å². The van der Waals surface area contributed by atoms with Gasteiger partial charge in [-0.3, -0.25) is 4.79 Å². The van der Waals surface area contributed by atoms with Crippen molar-refractivity contribution in [2.45, 2.75) is 18.8 Å². The van der Waals surface area contributed by atoms with Gasteiger partial charge in [0.15, 0.2) is 6.17 Å². The summed E-state index contributed by atoms with van der Waals surface area (Å²) in [6.45, 7) is -0.170. The monoisotopic (exact) mass is 384 g/mol. The fourth-order valence-electron chi connectivity index (χ4n) is 2.08. The van der Waals surface area contributed by atoms with Crippen molar-refractivity contribution in [1.82, 2.24) is 19.9 Å². The summed E-state index contributed by atoms with van der Waals surface area (Å²) in [5.41, 5.74) is -0.224. The molecule has 0 aliphatic carbocycles. The summed E-state index contributed by atoms with van der Waals surface area (Å²) in [5.74, 6) is -0.384. The van der Waals surface area contributed by atoms with E-state index in [0.717, 1.165) is 4.68 Å². The van der Waals surface area contributed by atoms with E-state index in [0.29, 0.717) is 10.6 Å². The van der Waals surface area contributed by atoms with Crippen LogP contribution in [0, 0.1) is 0 Å². The predicted molar refractivity (Wildman–Crippen MR) is 87.2 cm³/mol. The summed E-state index contributed by atoms with van der Waals surface area (Å²) in [5, 5.41) is 17.9. The number of nitrogens with zero attached hydrogens (tertiary/aromatic N) is 4. The molecule has 0 saturated carbocycles. The number of benzene rings is 1. The van der Waals surface area contributed by atoms with Gasteiger partial charge in [0.25, 0.3) is 5.56 Å². The van der Waals surface area contributed by atoms with Gasteiger partial charge in [-0.25, -0.2) is 9.07 Å². The molecule has 0 spiro atoms. The fourth-order valence-corrected chi connectivity index (χ4v) is 2.36. The summed E-state index contributed by atoms with van der Waals surface area (Å²) in [6.07, 6.45) is -2.07.